The molecule has 2 aromatic rings. The van der Waals surface area contributed by atoms with Crippen LogP contribution in [0.15, 0.2) is 18.2 Å². The fourth-order valence-corrected chi connectivity index (χ4v) is 4.70. The van der Waals surface area contributed by atoms with Crippen LogP contribution in [0.5, 0.6) is 0 Å². The molecule has 0 bridgehead atoms. The molecule has 34 heavy (non-hydrogen) atoms. The molecule has 3 N–H and O–H groups in total. The van der Waals surface area contributed by atoms with Crippen molar-refractivity contribution in [3.63, 3.8) is 0 Å². The van der Waals surface area contributed by atoms with E-state index in [0.717, 1.165) is 38.5 Å². The Kier molecular flexibility index (Phi) is 7.48. The van der Waals surface area contributed by atoms with Gasteiger partial charge in [0.25, 0.3) is 0 Å². The molecule has 1 saturated carbocycles. The van der Waals surface area contributed by atoms with E-state index in [1.807, 2.05) is 4.90 Å². The molecule has 9 heteroatoms. The molecule has 184 valence electrons. The molecule has 1 aliphatic carbocycles. The number of fused-ring (bicyclic) bond motifs is 1. The Morgan fingerprint density at radius 1 is 1.21 bits per heavy atom. The van der Waals surface area contributed by atoms with Crippen molar-refractivity contribution in [3.8, 4) is 0 Å². The van der Waals surface area contributed by atoms with Gasteiger partial charge in [-0.3, -0.25) is 14.4 Å². The summed E-state index contributed by atoms with van der Waals surface area (Å²) in [6.45, 7) is 4.48. The van der Waals surface area contributed by atoms with E-state index in [1.165, 1.54) is 6.07 Å². The molecule has 0 radical (unpaired) electrons. The van der Waals surface area contributed by atoms with Crippen molar-refractivity contribution in [1.82, 2.24) is 25.5 Å². The second-order valence-corrected chi connectivity index (χ2v) is 9.61. The van der Waals surface area contributed by atoms with Crippen LogP contribution in [-0.4, -0.2) is 51.2 Å². The number of nitrogens with one attached hydrogen (secondary N) is 3. The van der Waals surface area contributed by atoms with E-state index in [1.54, 1.807) is 19.1 Å². The first-order chi connectivity index (χ1) is 16.4. The number of amides is 3. The maximum absolute atomic E-state index is 14.0. The predicted octanol–water partition coefficient (Wildman–Crippen LogP) is 3.35. The van der Waals surface area contributed by atoms with Crippen molar-refractivity contribution in [2.24, 2.45) is 5.92 Å². The Labute approximate surface area is 199 Å². The summed E-state index contributed by atoms with van der Waals surface area (Å²) in [6, 6.07) is 3.28. The molecule has 1 aromatic heterocycles. The van der Waals surface area contributed by atoms with Gasteiger partial charge in [0.15, 0.2) is 5.82 Å². The van der Waals surface area contributed by atoms with Crippen LogP contribution in [-0.2, 0) is 14.4 Å². The van der Waals surface area contributed by atoms with Crippen LogP contribution in [0.25, 0.3) is 11.0 Å². The lowest BCUT2D eigenvalue weighted by Crippen LogP contribution is -2.52. The number of carbonyl (C=O) groups excluding carboxylic acids is 3. The Balaban J connectivity index is 1.46. The fraction of sp³-hybridized carbons (Fsp3) is 0.600. The van der Waals surface area contributed by atoms with Crippen molar-refractivity contribution >= 4 is 28.8 Å². The minimum absolute atomic E-state index is 0.0831. The van der Waals surface area contributed by atoms with Crippen molar-refractivity contribution < 1.29 is 18.8 Å². The van der Waals surface area contributed by atoms with E-state index in [0.29, 0.717) is 30.2 Å². The number of H-pyrrole nitrogens is 1. The highest BCUT2D eigenvalue weighted by molar-refractivity contribution is 5.92. The third kappa shape index (κ3) is 5.74. The minimum atomic E-state index is -0.971. The number of carbonyl (C=O) groups is 3. The van der Waals surface area contributed by atoms with E-state index >= 15 is 0 Å². The zero-order valence-electron chi connectivity index (χ0n) is 19.9. The van der Waals surface area contributed by atoms with Gasteiger partial charge in [-0.2, -0.15) is 0 Å². The number of halogens is 1. The van der Waals surface area contributed by atoms with Crippen LogP contribution in [0.2, 0.25) is 0 Å². The number of benzene rings is 1. The molecule has 3 amide bonds. The molecular weight excluding hydrogens is 437 g/mol. The van der Waals surface area contributed by atoms with Crippen molar-refractivity contribution in [2.45, 2.75) is 83.3 Å². The highest BCUT2D eigenvalue weighted by Gasteiger charge is 2.32. The number of nitrogens with zero attached hydrogens (tertiary/aromatic N) is 2. The smallest absolute Gasteiger partial charge is 0.243 e. The fourth-order valence-electron chi connectivity index (χ4n) is 4.70. The Bertz CT molecular complexity index is 1050. The quantitative estimate of drug-likeness (QED) is 0.521. The lowest BCUT2D eigenvalue weighted by atomic mass is 9.98. The number of para-hydroxylation sites is 1. The molecule has 4 rings (SSSR count). The average Bonchev–Trinajstić information content (AvgIpc) is 3.51. The third-order valence-corrected chi connectivity index (χ3v) is 6.87. The summed E-state index contributed by atoms with van der Waals surface area (Å²) in [5, 5.41) is 5.64. The maximum Gasteiger partial charge on any atom is 0.243 e. The van der Waals surface area contributed by atoms with Crippen LogP contribution in [0.4, 0.5) is 4.39 Å². The van der Waals surface area contributed by atoms with Crippen LogP contribution in [0.3, 0.4) is 0 Å². The molecule has 2 unspecified atom stereocenters. The van der Waals surface area contributed by atoms with Crippen LogP contribution in [0, 0.1) is 11.7 Å². The third-order valence-electron chi connectivity index (χ3n) is 6.87. The Hall–Kier alpha value is -2.97. The number of hydrogen-bond acceptors (Lipinski definition) is 4. The summed E-state index contributed by atoms with van der Waals surface area (Å²) >= 11 is 0. The van der Waals surface area contributed by atoms with Gasteiger partial charge >= 0.3 is 0 Å². The van der Waals surface area contributed by atoms with Gasteiger partial charge in [0.1, 0.15) is 17.4 Å². The van der Waals surface area contributed by atoms with Gasteiger partial charge in [0, 0.05) is 19.0 Å². The van der Waals surface area contributed by atoms with Crippen molar-refractivity contribution in [3.05, 3.63) is 29.8 Å². The number of hydrogen-bond donors (Lipinski definition) is 3. The molecule has 1 aromatic carbocycles. The lowest BCUT2D eigenvalue weighted by Gasteiger charge is -2.36. The molecular formula is C25H34FN5O3. The van der Waals surface area contributed by atoms with Gasteiger partial charge < -0.3 is 20.5 Å². The largest absolute Gasteiger partial charge is 0.345 e. The Morgan fingerprint density at radius 2 is 2.00 bits per heavy atom. The first-order valence-corrected chi connectivity index (χ1v) is 12.4. The molecule has 2 heterocycles. The van der Waals surface area contributed by atoms with E-state index in [-0.39, 0.29) is 29.8 Å². The number of aromatic nitrogens is 2. The van der Waals surface area contributed by atoms with E-state index in [4.69, 9.17) is 0 Å². The molecule has 3 atom stereocenters. The first-order valence-electron chi connectivity index (χ1n) is 12.4. The molecule has 1 aliphatic heterocycles. The normalized spacial score (nSPS) is 20.1. The van der Waals surface area contributed by atoms with Crippen LogP contribution >= 0.6 is 0 Å². The van der Waals surface area contributed by atoms with Gasteiger partial charge in [-0.05, 0) is 63.5 Å². The van der Waals surface area contributed by atoms with Crippen LogP contribution in [0.1, 0.15) is 77.1 Å². The van der Waals surface area contributed by atoms with Gasteiger partial charge in [-0.25, -0.2) is 9.37 Å². The first kappa shape index (κ1) is 24.2. The molecule has 2 aliphatic rings. The number of imidazole rings is 1. The predicted molar refractivity (Wildman–Crippen MR) is 126 cm³/mol. The van der Waals surface area contributed by atoms with E-state index in [2.05, 4.69) is 27.5 Å². The molecule has 8 nitrogen and oxygen atoms in total. The zero-order valence-corrected chi connectivity index (χ0v) is 19.9. The summed E-state index contributed by atoms with van der Waals surface area (Å²) < 4.78 is 14.0. The van der Waals surface area contributed by atoms with Gasteiger partial charge in [0.2, 0.25) is 17.7 Å². The summed E-state index contributed by atoms with van der Waals surface area (Å²) in [7, 11) is 0. The maximum atomic E-state index is 14.0. The SMILES string of the molecule is CC[C@H]1CCCCN1C(=O)CC(NC(=O)CC1CC1)C(=O)NC(C)c1nc2c(F)cccc2[nH]1. The summed E-state index contributed by atoms with van der Waals surface area (Å²) in [5.41, 5.74) is 0.745. The standard InChI is InChI=1S/C25H34FN5O3/c1-3-17-7-4-5-12-31(17)22(33)14-20(28-21(32)13-16-10-11-16)25(34)27-15(2)24-29-19-9-6-8-18(26)23(19)30-24/h6,8-9,15-17,20H,3-5,7,10-14H2,1-2H3,(H,27,34)(H,28,32)(H,29,30)/t15?,17-,20?/m0/s1. The summed E-state index contributed by atoms with van der Waals surface area (Å²) in [5.74, 6) is -0.436. The lowest BCUT2D eigenvalue weighted by molar-refractivity contribution is -0.139. The van der Waals surface area contributed by atoms with Gasteiger partial charge in [-0.15, -0.1) is 0 Å². The van der Waals surface area contributed by atoms with Crippen LogP contribution < -0.4 is 10.6 Å². The van der Waals surface area contributed by atoms with E-state index in [9.17, 15) is 18.8 Å². The zero-order chi connectivity index (χ0) is 24.2. The second kappa shape index (κ2) is 10.5. The number of likely N-dealkylation sites (tertiary alicyclic amines) is 1. The van der Waals surface area contributed by atoms with E-state index < -0.39 is 23.8 Å². The summed E-state index contributed by atoms with van der Waals surface area (Å²) in [4.78, 5) is 48.0. The Morgan fingerprint density at radius 3 is 2.71 bits per heavy atom. The summed E-state index contributed by atoms with van der Waals surface area (Å²) in [6.07, 6.45) is 6.22. The topological polar surface area (TPSA) is 107 Å². The minimum Gasteiger partial charge on any atom is -0.345 e. The highest BCUT2D eigenvalue weighted by Crippen LogP contribution is 2.32. The van der Waals surface area contributed by atoms with Crippen molar-refractivity contribution in [1.29, 1.82) is 0 Å². The van der Waals surface area contributed by atoms with Gasteiger partial charge in [-0.1, -0.05) is 13.0 Å². The number of rotatable bonds is 9. The van der Waals surface area contributed by atoms with Crippen molar-refractivity contribution in [2.75, 3.05) is 6.54 Å². The average molecular weight is 472 g/mol. The molecule has 1 saturated heterocycles. The molecule has 2 fully saturated rings. The molecule has 0 spiro atoms. The monoisotopic (exact) mass is 471 g/mol. The second-order valence-electron chi connectivity index (χ2n) is 9.61. The highest BCUT2D eigenvalue weighted by atomic mass is 19.1. The van der Waals surface area contributed by atoms with Gasteiger partial charge in [0.05, 0.1) is 18.0 Å². The number of aromatic amines is 1. The number of piperidine rings is 1.